The predicted octanol–water partition coefficient (Wildman–Crippen LogP) is 6.68. The molecule has 0 radical (unpaired) electrons. The van der Waals surface area contributed by atoms with Crippen LogP contribution in [-0.2, 0) is 6.42 Å². The summed E-state index contributed by atoms with van der Waals surface area (Å²) >= 11 is 0. The van der Waals surface area contributed by atoms with E-state index in [4.69, 9.17) is 0 Å². The van der Waals surface area contributed by atoms with Crippen molar-refractivity contribution in [3.8, 4) is 0 Å². The molecular formula is C23H32. The molecule has 124 valence electrons. The normalized spacial score (nSPS) is 31.0. The highest BCUT2D eigenvalue weighted by Crippen LogP contribution is 2.47. The monoisotopic (exact) mass is 308 g/mol. The molecule has 0 nitrogen and oxygen atoms in total. The van der Waals surface area contributed by atoms with Gasteiger partial charge in [-0.25, -0.2) is 0 Å². The maximum atomic E-state index is 3.82. The summed E-state index contributed by atoms with van der Waals surface area (Å²) in [6, 6.07) is 9.48. The highest BCUT2D eigenvalue weighted by Gasteiger charge is 2.35. The molecule has 0 N–H and O–H groups in total. The van der Waals surface area contributed by atoms with Crippen molar-refractivity contribution in [1.82, 2.24) is 0 Å². The van der Waals surface area contributed by atoms with Crippen LogP contribution in [0.4, 0.5) is 0 Å². The fourth-order valence-corrected chi connectivity index (χ4v) is 4.90. The summed E-state index contributed by atoms with van der Waals surface area (Å²) in [5.41, 5.74) is 3.04. The van der Waals surface area contributed by atoms with Crippen LogP contribution in [0.5, 0.6) is 0 Å². The van der Waals surface area contributed by atoms with Crippen LogP contribution in [0.2, 0.25) is 0 Å². The van der Waals surface area contributed by atoms with Gasteiger partial charge in [-0.05, 0) is 93.1 Å². The van der Waals surface area contributed by atoms with E-state index in [9.17, 15) is 0 Å². The van der Waals surface area contributed by atoms with Crippen molar-refractivity contribution in [2.75, 3.05) is 0 Å². The SMILES string of the molecule is C=CCCc1ccc(C2CCC3CC(C=CC)CCC3C2)cc1. The Labute approximate surface area is 142 Å². The van der Waals surface area contributed by atoms with E-state index < -0.39 is 0 Å². The number of allylic oxidation sites excluding steroid dienone is 3. The standard InChI is InChI=1S/C23H32/c1-3-5-7-18-8-11-20(12-9-18)22-15-14-21-16-19(6-4-2)10-13-23(21)17-22/h3-4,6,8-9,11-12,19,21-23H,1,5,7,10,13-17H2,2H3. The summed E-state index contributed by atoms with van der Waals surface area (Å²) in [5, 5.41) is 0. The molecule has 3 rings (SSSR count). The number of benzene rings is 1. The maximum absolute atomic E-state index is 3.82. The molecular weight excluding hydrogens is 276 g/mol. The third-order valence-electron chi connectivity index (χ3n) is 6.21. The van der Waals surface area contributed by atoms with E-state index in [1.807, 2.05) is 6.08 Å². The van der Waals surface area contributed by atoms with Crippen molar-refractivity contribution in [2.24, 2.45) is 17.8 Å². The number of rotatable bonds is 5. The van der Waals surface area contributed by atoms with Gasteiger partial charge in [0, 0.05) is 0 Å². The van der Waals surface area contributed by atoms with Gasteiger partial charge in [-0.2, -0.15) is 0 Å². The van der Waals surface area contributed by atoms with Crippen LogP contribution in [-0.4, -0.2) is 0 Å². The van der Waals surface area contributed by atoms with Crippen molar-refractivity contribution < 1.29 is 0 Å². The second-order valence-corrected chi connectivity index (χ2v) is 7.70. The highest BCUT2D eigenvalue weighted by molar-refractivity contribution is 5.26. The minimum absolute atomic E-state index is 0.808. The van der Waals surface area contributed by atoms with Crippen LogP contribution in [0.3, 0.4) is 0 Å². The van der Waals surface area contributed by atoms with Crippen LogP contribution in [0.15, 0.2) is 49.1 Å². The maximum Gasteiger partial charge on any atom is -0.0159 e. The topological polar surface area (TPSA) is 0 Å². The zero-order valence-corrected chi connectivity index (χ0v) is 14.7. The number of fused-ring (bicyclic) bond motifs is 1. The fourth-order valence-electron chi connectivity index (χ4n) is 4.90. The van der Waals surface area contributed by atoms with Crippen LogP contribution >= 0.6 is 0 Å². The Morgan fingerprint density at radius 3 is 2.48 bits per heavy atom. The van der Waals surface area contributed by atoms with Crippen molar-refractivity contribution in [3.63, 3.8) is 0 Å². The third kappa shape index (κ3) is 4.16. The molecule has 0 heterocycles. The molecule has 0 amide bonds. The largest absolute Gasteiger partial charge is 0.103 e. The Kier molecular flexibility index (Phi) is 5.75. The molecule has 4 atom stereocenters. The molecule has 0 heteroatoms. The van der Waals surface area contributed by atoms with Crippen molar-refractivity contribution in [3.05, 3.63) is 60.2 Å². The minimum Gasteiger partial charge on any atom is -0.103 e. The fraction of sp³-hybridized carbons (Fsp3) is 0.565. The summed E-state index contributed by atoms with van der Waals surface area (Å²) in [6.45, 7) is 5.99. The lowest BCUT2D eigenvalue weighted by Crippen LogP contribution is -2.30. The molecule has 23 heavy (non-hydrogen) atoms. The lowest BCUT2D eigenvalue weighted by atomic mass is 9.64. The van der Waals surface area contributed by atoms with Gasteiger partial charge in [0.1, 0.15) is 0 Å². The first-order chi connectivity index (χ1) is 11.3. The average Bonchev–Trinajstić information content (AvgIpc) is 2.60. The van der Waals surface area contributed by atoms with Crippen LogP contribution in [0.25, 0.3) is 0 Å². The molecule has 0 bridgehead atoms. The van der Waals surface area contributed by atoms with Gasteiger partial charge in [0.15, 0.2) is 0 Å². The van der Waals surface area contributed by atoms with Crippen molar-refractivity contribution >= 4 is 0 Å². The van der Waals surface area contributed by atoms with E-state index in [2.05, 4.69) is 49.9 Å². The molecule has 0 spiro atoms. The van der Waals surface area contributed by atoms with Crippen LogP contribution in [0.1, 0.15) is 68.9 Å². The molecule has 0 saturated heterocycles. The van der Waals surface area contributed by atoms with E-state index in [0.717, 1.165) is 36.5 Å². The van der Waals surface area contributed by atoms with Gasteiger partial charge in [0.25, 0.3) is 0 Å². The van der Waals surface area contributed by atoms with E-state index in [-0.39, 0.29) is 0 Å². The lowest BCUT2D eigenvalue weighted by molar-refractivity contribution is 0.133. The Balaban J connectivity index is 1.58. The number of aryl methyl sites for hydroxylation is 1. The molecule has 0 aliphatic heterocycles. The molecule has 2 aliphatic carbocycles. The van der Waals surface area contributed by atoms with Gasteiger partial charge in [0.05, 0.1) is 0 Å². The van der Waals surface area contributed by atoms with Crippen LogP contribution < -0.4 is 0 Å². The first-order valence-electron chi connectivity index (χ1n) is 9.62. The third-order valence-corrected chi connectivity index (χ3v) is 6.21. The molecule has 2 fully saturated rings. The van der Waals surface area contributed by atoms with Gasteiger partial charge >= 0.3 is 0 Å². The zero-order chi connectivity index (χ0) is 16.1. The molecule has 1 aromatic carbocycles. The lowest BCUT2D eigenvalue weighted by Gasteiger charge is -2.41. The van der Waals surface area contributed by atoms with Gasteiger partial charge in [-0.1, -0.05) is 42.5 Å². The van der Waals surface area contributed by atoms with E-state index in [1.54, 1.807) is 5.56 Å². The van der Waals surface area contributed by atoms with E-state index >= 15 is 0 Å². The van der Waals surface area contributed by atoms with Gasteiger partial charge < -0.3 is 0 Å². The van der Waals surface area contributed by atoms with Gasteiger partial charge in [-0.3, -0.25) is 0 Å². The van der Waals surface area contributed by atoms with Gasteiger partial charge in [0.2, 0.25) is 0 Å². The molecule has 4 unspecified atom stereocenters. The van der Waals surface area contributed by atoms with Crippen molar-refractivity contribution in [1.29, 1.82) is 0 Å². The Hall–Kier alpha value is -1.30. The Morgan fingerprint density at radius 2 is 1.74 bits per heavy atom. The second-order valence-electron chi connectivity index (χ2n) is 7.70. The van der Waals surface area contributed by atoms with E-state index in [1.165, 1.54) is 44.1 Å². The highest BCUT2D eigenvalue weighted by atomic mass is 14.4. The van der Waals surface area contributed by atoms with Crippen LogP contribution in [0, 0.1) is 17.8 Å². The Morgan fingerprint density at radius 1 is 1.00 bits per heavy atom. The minimum atomic E-state index is 0.808. The second kappa shape index (κ2) is 7.99. The zero-order valence-electron chi connectivity index (χ0n) is 14.7. The molecule has 2 saturated carbocycles. The summed E-state index contributed by atoms with van der Waals surface area (Å²) in [7, 11) is 0. The number of hydrogen-bond donors (Lipinski definition) is 0. The predicted molar refractivity (Wildman–Crippen MR) is 101 cm³/mol. The summed E-state index contributed by atoms with van der Waals surface area (Å²) in [4.78, 5) is 0. The van der Waals surface area contributed by atoms with Crippen molar-refractivity contribution in [2.45, 2.75) is 64.2 Å². The summed E-state index contributed by atoms with van der Waals surface area (Å²) in [5.74, 6) is 3.65. The first kappa shape index (κ1) is 16.6. The summed E-state index contributed by atoms with van der Waals surface area (Å²) in [6.07, 6.45) is 17.5. The quantitative estimate of drug-likeness (QED) is 0.532. The molecule has 2 aliphatic rings. The smallest absolute Gasteiger partial charge is 0.0159 e. The first-order valence-corrected chi connectivity index (χ1v) is 9.62. The Bertz CT molecular complexity index is 521. The van der Waals surface area contributed by atoms with Gasteiger partial charge in [-0.15, -0.1) is 6.58 Å². The summed E-state index contributed by atoms with van der Waals surface area (Å²) < 4.78 is 0. The van der Waals surface area contributed by atoms with E-state index in [0.29, 0.717) is 0 Å². The molecule has 1 aromatic rings. The average molecular weight is 309 g/mol. The number of hydrogen-bond acceptors (Lipinski definition) is 0. The molecule has 0 aromatic heterocycles.